The van der Waals surface area contributed by atoms with Crippen LogP contribution < -0.4 is 10.1 Å². The fraction of sp³-hybridized carbons (Fsp3) is 0.467. The van der Waals surface area contributed by atoms with Gasteiger partial charge in [-0.1, -0.05) is 19.1 Å². The number of rotatable bonds is 7. The van der Waals surface area contributed by atoms with Crippen LogP contribution in [-0.4, -0.2) is 27.6 Å². The van der Waals surface area contributed by atoms with Gasteiger partial charge in [-0.2, -0.15) is 0 Å². The molecule has 2 aromatic rings. The second-order valence-corrected chi connectivity index (χ2v) is 5.27. The number of benzene rings is 1. The lowest BCUT2D eigenvalue weighted by molar-refractivity contribution is 0.289. The summed E-state index contributed by atoms with van der Waals surface area (Å²) in [5, 5.41) is 11.4. The Bertz CT molecular complexity index is 583. The van der Waals surface area contributed by atoms with Crippen molar-refractivity contribution in [1.82, 2.24) is 20.3 Å². The van der Waals surface area contributed by atoms with Crippen LogP contribution in [0.3, 0.4) is 0 Å². The molecule has 1 N–H and O–H groups in total. The van der Waals surface area contributed by atoms with Gasteiger partial charge >= 0.3 is 0 Å². The van der Waals surface area contributed by atoms with Crippen molar-refractivity contribution < 1.29 is 9.13 Å². The van der Waals surface area contributed by atoms with Crippen LogP contribution in [0.25, 0.3) is 0 Å². The lowest BCUT2D eigenvalue weighted by Gasteiger charge is -2.07. The molecule has 21 heavy (non-hydrogen) atoms. The van der Waals surface area contributed by atoms with Crippen molar-refractivity contribution in [2.45, 2.75) is 39.9 Å². The molecule has 1 heterocycles. The van der Waals surface area contributed by atoms with Crippen LogP contribution in [0.5, 0.6) is 5.75 Å². The van der Waals surface area contributed by atoms with Crippen molar-refractivity contribution in [3.05, 3.63) is 41.5 Å². The smallest absolute Gasteiger partial charge is 0.126 e. The molecule has 0 aliphatic rings. The molecule has 0 aliphatic heterocycles. The third-order valence-electron chi connectivity index (χ3n) is 3.00. The molecule has 1 aromatic carbocycles. The number of nitrogens with one attached hydrogen (secondary N) is 1. The molecule has 0 atom stereocenters. The Hall–Kier alpha value is -1.95. The Kier molecular flexibility index (Phi) is 5.27. The van der Waals surface area contributed by atoms with Gasteiger partial charge < -0.3 is 10.1 Å². The Morgan fingerprint density at radius 2 is 2.19 bits per heavy atom. The summed E-state index contributed by atoms with van der Waals surface area (Å²) in [7, 11) is 0. The summed E-state index contributed by atoms with van der Waals surface area (Å²) in [6.07, 6.45) is 1.90. The zero-order valence-electron chi connectivity index (χ0n) is 12.6. The van der Waals surface area contributed by atoms with Gasteiger partial charge in [0.2, 0.25) is 0 Å². The van der Waals surface area contributed by atoms with E-state index >= 15 is 0 Å². The quantitative estimate of drug-likeness (QED) is 0.851. The van der Waals surface area contributed by atoms with Crippen LogP contribution in [0.4, 0.5) is 4.39 Å². The highest BCUT2D eigenvalue weighted by Crippen LogP contribution is 2.15. The van der Waals surface area contributed by atoms with Crippen LogP contribution in [0.2, 0.25) is 0 Å². The Balaban J connectivity index is 1.79. The minimum Gasteiger partial charge on any atom is -0.492 e. The standard InChI is InChI=1S/C15H21FN4O/c1-11(2)17-9-13-10-20(19-18-13)6-7-21-14-4-5-15(16)12(3)8-14/h4-5,8,10-11,17H,6-7,9H2,1-3H3. The van der Waals surface area contributed by atoms with Gasteiger partial charge in [0.15, 0.2) is 0 Å². The average molecular weight is 292 g/mol. The molecule has 114 valence electrons. The molecule has 0 amide bonds. The monoisotopic (exact) mass is 292 g/mol. The van der Waals surface area contributed by atoms with Crippen molar-refractivity contribution in [3.8, 4) is 5.75 Å². The van der Waals surface area contributed by atoms with Gasteiger partial charge in [-0.25, -0.2) is 9.07 Å². The molecule has 0 fully saturated rings. The number of nitrogens with zero attached hydrogens (tertiary/aromatic N) is 3. The van der Waals surface area contributed by atoms with Gasteiger partial charge in [-0.05, 0) is 30.7 Å². The van der Waals surface area contributed by atoms with Gasteiger partial charge in [0.05, 0.1) is 12.2 Å². The van der Waals surface area contributed by atoms with Crippen LogP contribution in [0, 0.1) is 12.7 Å². The minimum absolute atomic E-state index is 0.221. The number of ether oxygens (including phenoxy) is 1. The summed E-state index contributed by atoms with van der Waals surface area (Å²) in [5.41, 5.74) is 1.48. The van der Waals surface area contributed by atoms with E-state index in [9.17, 15) is 4.39 Å². The Morgan fingerprint density at radius 1 is 1.38 bits per heavy atom. The molecule has 6 heteroatoms. The number of hydrogen-bond acceptors (Lipinski definition) is 4. The van der Waals surface area contributed by atoms with E-state index in [1.165, 1.54) is 6.07 Å². The third-order valence-corrected chi connectivity index (χ3v) is 3.00. The molecule has 2 rings (SSSR count). The Morgan fingerprint density at radius 3 is 2.90 bits per heavy atom. The number of hydrogen-bond donors (Lipinski definition) is 1. The lowest BCUT2D eigenvalue weighted by atomic mass is 10.2. The second kappa shape index (κ2) is 7.17. The third kappa shape index (κ3) is 4.82. The van der Waals surface area contributed by atoms with E-state index in [0.717, 1.165) is 5.69 Å². The molecule has 0 saturated carbocycles. The first-order valence-corrected chi connectivity index (χ1v) is 7.06. The molecule has 0 saturated heterocycles. The highest BCUT2D eigenvalue weighted by atomic mass is 19.1. The van der Waals surface area contributed by atoms with Crippen molar-refractivity contribution in [3.63, 3.8) is 0 Å². The zero-order chi connectivity index (χ0) is 15.2. The molecule has 0 unspecified atom stereocenters. The predicted octanol–water partition coefficient (Wildman–Crippen LogP) is 2.30. The summed E-state index contributed by atoms with van der Waals surface area (Å²) in [5.74, 6) is 0.441. The van der Waals surface area contributed by atoms with E-state index in [1.54, 1.807) is 23.7 Å². The number of halogens is 1. The van der Waals surface area contributed by atoms with Gasteiger partial charge in [0, 0.05) is 18.8 Å². The van der Waals surface area contributed by atoms with Crippen molar-refractivity contribution in [1.29, 1.82) is 0 Å². The van der Waals surface area contributed by atoms with E-state index in [-0.39, 0.29) is 5.82 Å². The van der Waals surface area contributed by atoms with Gasteiger partial charge in [-0.15, -0.1) is 5.10 Å². The first-order chi connectivity index (χ1) is 10.0. The maximum absolute atomic E-state index is 13.1. The molecule has 0 aliphatic carbocycles. The predicted molar refractivity (Wildman–Crippen MR) is 78.6 cm³/mol. The van der Waals surface area contributed by atoms with Gasteiger partial charge in [0.1, 0.15) is 18.2 Å². The van der Waals surface area contributed by atoms with E-state index in [1.807, 2.05) is 6.20 Å². The van der Waals surface area contributed by atoms with E-state index in [0.29, 0.717) is 37.1 Å². The first kappa shape index (κ1) is 15.4. The Labute approximate surface area is 124 Å². The van der Waals surface area contributed by atoms with Crippen LogP contribution in [-0.2, 0) is 13.1 Å². The second-order valence-electron chi connectivity index (χ2n) is 5.27. The van der Waals surface area contributed by atoms with Crippen LogP contribution in [0.1, 0.15) is 25.1 Å². The van der Waals surface area contributed by atoms with Gasteiger partial charge in [0.25, 0.3) is 0 Å². The molecular weight excluding hydrogens is 271 g/mol. The fourth-order valence-electron chi connectivity index (χ4n) is 1.80. The van der Waals surface area contributed by atoms with Crippen molar-refractivity contribution in [2.75, 3.05) is 6.61 Å². The molecular formula is C15H21FN4O. The molecule has 0 spiro atoms. The van der Waals surface area contributed by atoms with E-state index in [2.05, 4.69) is 29.5 Å². The average Bonchev–Trinajstić information content (AvgIpc) is 2.88. The van der Waals surface area contributed by atoms with Crippen molar-refractivity contribution in [2.24, 2.45) is 0 Å². The zero-order valence-corrected chi connectivity index (χ0v) is 12.6. The summed E-state index contributed by atoms with van der Waals surface area (Å²) < 4.78 is 20.5. The molecule has 0 bridgehead atoms. The van der Waals surface area contributed by atoms with Crippen molar-refractivity contribution >= 4 is 0 Å². The highest BCUT2D eigenvalue weighted by molar-refractivity contribution is 5.28. The summed E-state index contributed by atoms with van der Waals surface area (Å²) in [4.78, 5) is 0. The van der Waals surface area contributed by atoms with Crippen LogP contribution in [0.15, 0.2) is 24.4 Å². The first-order valence-electron chi connectivity index (χ1n) is 7.06. The summed E-state index contributed by atoms with van der Waals surface area (Å²) in [6.45, 7) is 7.66. The normalized spacial score (nSPS) is 11.1. The van der Waals surface area contributed by atoms with E-state index < -0.39 is 0 Å². The fourth-order valence-corrected chi connectivity index (χ4v) is 1.80. The topological polar surface area (TPSA) is 52.0 Å². The summed E-state index contributed by atoms with van der Waals surface area (Å²) in [6, 6.07) is 5.15. The minimum atomic E-state index is -0.221. The van der Waals surface area contributed by atoms with Crippen LogP contribution >= 0.6 is 0 Å². The number of aryl methyl sites for hydroxylation is 1. The molecule has 5 nitrogen and oxygen atoms in total. The molecule has 1 aromatic heterocycles. The highest BCUT2D eigenvalue weighted by Gasteiger charge is 2.03. The van der Waals surface area contributed by atoms with Gasteiger partial charge in [-0.3, -0.25) is 0 Å². The van der Waals surface area contributed by atoms with E-state index in [4.69, 9.17) is 4.74 Å². The lowest BCUT2D eigenvalue weighted by Crippen LogP contribution is -2.21. The SMILES string of the molecule is Cc1cc(OCCn2cc(CNC(C)C)nn2)ccc1F. The molecule has 0 radical (unpaired) electrons. The maximum atomic E-state index is 13.1. The largest absolute Gasteiger partial charge is 0.492 e. The summed E-state index contributed by atoms with van der Waals surface area (Å²) >= 11 is 0. The maximum Gasteiger partial charge on any atom is 0.126 e. The number of aromatic nitrogens is 3.